The van der Waals surface area contributed by atoms with Crippen molar-refractivity contribution in [1.29, 1.82) is 0 Å². The van der Waals surface area contributed by atoms with E-state index in [0.29, 0.717) is 6.04 Å². The zero-order valence-corrected chi connectivity index (χ0v) is 10.1. The largest absolute Gasteiger partial charge is 0.353 e. The van der Waals surface area contributed by atoms with Gasteiger partial charge in [0, 0.05) is 12.6 Å². The highest BCUT2D eigenvalue weighted by atomic mass is 15.3. The molecule has 1 rings (SSSR count). The average molecular weight is 212 g/mol. The molecule has 1 saturated carbocycles. The number of rotatable bonds is 2. The van der Waals surface area contributed by atoms with Gasteiger partial charge in [0.2, 0.25) is 5.96 Å². The molecule has 0 aromatic heterocycles. The standard InChI is InChI=1S/C11H24N4/c1-4-13-11(15-12)14-10-6-5-8(2)9(3)7-10/h8-10H,4-7,12H2,1-3H3,(H2,13,14,15). The highest BCUT2D eigenvalue weighted by Gasteiger charge is 2.24. The predicted molar refractivity (Wildman–Crippen MR) is 64.4 cm³/mol. The van der Waals surface area contributed by atoms with Crippen LogP contribution in [0.5, 0.6) is 0 Å². The number of nitrogens with one attached hydrogen (secondary N) is 2. The van der Waals surface area contributed by atoms with Crippen molar-refractivity contribution in [3.05, 3.63) is 0 Å². The van der Waals surface area contributed by atoms with Crippen LogP contribution in [0.25, 0.3) is 0 Å². The lowest BCUT2D eigenvalue weighted by Gasteiger charge is -2.33. The van der Waals surface area contributed by atoms with E-state index in [1.54, 1.807) is 0 Å². The molecule has 3 atom stereocenters. The topological polar surface area (TPSA) is 62.4 Å². The van der Waals surface area contributed by atoms with Gasteiger partial charge in [-0.15, -0.1) is 0 Å². The Morgan fingerprint density at radius 1 is 1.33 bits per heavy atom. The van der Waals surface area contributed by atoms with Crippen LogP contribution in [0.3, 0.4) is 0 Å². The summed E-state index contributed by atoms with van der Waals surface area (Å²) in [6.07, 6.45) is 3.73. The molecule has 0 saturated heterocycles. The SMILES string of the molecule is CCN=C(NN)NC1CCC(C)C(C)C1. The lowest BCUT2D eigenvalue weighted by molar-refractivity contribution is 0.239. The summed E-state index contributed by atoms with van der Waals surface area (Å²) in [5.41, 5.74) is 2.62. The minimum absolute atomic E-state index is 0.526. The number of hydrogen-bond acceptors (Lipinski definition) is 2. The number of nitrogens with zero attached hydrogens (tertiary/aromatic N) is 1. The van der Waals surface area contributed by atoms with Gasteiger partial charge >= 0.3 is 0 Å². The maximum Gasteiger partial charge on any atom is 0.205 e. The molecule has 0 aromatic rings. The van der Waals surface area contributed by atoms with Crippen molar-refractivity contribution in [2.45, 2.75) is 46.1 Å². The number of aliphatic imine (C=N–C) groups is 1. The molecule has 0 aromatic carbocycles. The molecule has 3 unspecified atom stereocenters. The van der Waals surface area contributed by atoms with Crippen LogP contribution in [0.1, 0.15) is 40.0 Å². The zero-order chi connectivity index (χ0) is 11.3. The first kappa shape index (κ1) is 12.3. The molecule has 4 heteroatoms. The summed E-state index contributed by atoms with van der Waals surface area (Å²) >= 11 is 0. The Labute approximate surface area is 92.7 Å². The van der Waals surface area contributed by atoms with Gasteiger partial charge in [0.15, 0.2) is 0 Å². The molecule has 0 amide bonds. The molecule has 0 heterocycles. The van der Waals surface area contributed by atoms with Crippen molar-refractivity contribution in [2.75, 3.05) is 6.54 Å². The second-order valence-electron chi connectivity index (χ2n) is 4.58. The molecule has 1 aliphatic rings. The third-order valence-electron chi connectivity index (χ3n) is 3.39. The minimum Gasteiger partial charge on any atom is -0.353 e. The van der Waals surface area contributed by atoms with E-state index in [0.717, 1.165) is 24.3 Å². The number of hydrazine groups is 1. The van der Waals surface area contributed by atoms with Gasteiger partial charge < -0.3 is 5.32 Å². The van der Waals surface area contributed by atoms with Gasteiger partial charge in [-0.25, -0.2) is 5.84 Å². The zero-order valence-electron chi connectivity index (χ0n) is 10.1. The first-order valence-electron chi connectivity index (χ1n) is 5.95. The lowest BCUT2D eigenvalue weighted by Crippen LogP contribution is -2.48. The number of guanidine groups is 1. The number of nitrogens with two attached hydrogens (primary N) is 1. The highest BCUT2D eigenvalue weighted by Crippen LogP contribution is 2.29. The summed E-state index contributed by atoms with van der Waals surface area (Å²) in [5.74, 6) is 7.76. The molecule has 0 bridgehead atoms. The predicted octanol–water partition coefficient (Wildman–Crippen LogP) is 1.24. The summed E-state index contributed by atoms with van der Waals surface area (Å²) < 4.78 is 0. The van der Waals surface area contributed by atoms with Gasteiger partial charge in [0.05, 0.1) is 0 Å². The first-order chi connectivity index (χ1) is 7.17. The van der Waals surface area contributed by atoms with Crippen LogP contribution in [-0.4, -0.2) is 18.5 Å². The van der Waals surface area contributed by atoms with Crippen LogP contribution in [0.2, 0.25) is 0 Å². The Hall–Kier alpha value is -0.770. The second kappa shape index (κ2) is 5.95. The van der Waals surface area contributed by atoms with Gasteiger partial charge in [0.25, 0.3) is 0 Å². The normalized spacial score (nSPS) is 32.5. The summed E-state index contributed by atoms with van der Waals surface area (Å²) in [7, 11) is 0. The molecule has 1 fully saturated rings. The molecule has 0 spiro atoms. The van der Waals surface area contributed by atoms with Gasteiger partial charge in [-0.3, -0.25) is 10.4 Å². The van der Waals surface area contributed by atoms with E-state index in [1.807, 2.05) is 6.92 Å². The van der Waals surface area contributed by atoms with Crippen LogP contribution in [0.15, 0.2) is 4.99 Å². The Bertz CT molecular complexity index is 215. The van der Waals surface area contributed by atoms with Crippen molar-refractivity contribution >= 4 is 5.96 Å². The molecule has 0 aliphatic heterocycles. The molecule has 88 valence electrons. The van der Waals surface area contributed by atoms with Gasteiger partial charge in [-0.2, -0.15) is 0 Å². The van der Waals surface area contributed by atoms with Crippen molar-refractivity contribution in [1.82, 2.24) is 10.7 Å². The van der Waals surface area contributed by atoms with E-state index in [9.17, 15) is 0 Å². The fourth-order valence-electron chi connectivity index (χ4n) is 2.16. The van der Waals surface area contributed by atoms with Crippen LogP contribution < -0.4 is 16.6 Å². The van der Waals surface area contributed by atoms with E-state index in [4.69, 9.17) is 5.84 Å². The van der Waals surface area contributed by atoms with Crippen LogP contribution >= 0.6 is 0 Å². The Morgan fingerprint density at radius 3 is 2.60 bits per heavy atom. The molecule has 4 N–H and O–H groups in total. The van der Waals surface area contributed by atoms with E-state index < -0.39 is 0 Å². The maximum atomic E-state index is 5.39. The monoisotopic (exact) mass is 212 g/mol. The summed E-state index contributed by atoms with van der Waals surface area (Å²) in [6.45, 7) is 7.42. The van der Waals surface area contributed by atoms with Crippen molar-refractivity contribution in [2.24, 2.45) is 22.7 Å². The van der Waals surface area contributed by atoms with Crippen LogP contribution in [-0.2, 0) is 0 Å². The Morgan fingerprint density at radius 2 is 2.07 bits per heavy atom. The summed E-state index contributed by atoms with van der Waals surface area (Å²) in [5, 5.41) is 3.37. The first-order valence-corrected chi connectivity index (χ1v) is 5.95. The molecule has 15 heavy (non-hydrogen) atoms. The van der Waals surface area contributed by atoms with Crippen molar-refractivity contribution in [3.8, 4) is 0 Å². The summed E-state index contributed by atoms with van der Waals surface area (Å²) in [4.78, 5) is 4.25. The molecule has 4 nitrogen and oxygen atoms in total. The molecule has 1 aliphatic carbocycles. The smallest absolute Gasteiger partial charge is 0.205 e. The highest BCUT2D eigenvalue weighted by molar-refractivity contribution is 5.79. The van der Waals surface area contributed by atoms with E-state index >= 15 is 0 Å². The lowest BCUT2D eigenvalue weighted by atomic mass is 9.79. The molecular weight excluding hydrogens is 188 g/mol. The van der Waals surface area contributed by atoms with Crippen LogP contribution in [0, 0.1) is 11.8 Å². The fourth-order valence-corrected chi connectivity index (χ4v) is 2.16. The van der Waals surface area contributed by atoms with Crippen LogP contribution in [0.4, 0.5) is 0 Å². The van der Waals surface area contributed by atoms with Crippen molar-refractivity contribution < 1.29 is 0 Å². The Balaban J connectivity index is 2.42. The Kier molecular flexibility index (Phi) is 4.88. The van der Waals surface area contributed by atoms with E-state index in [2.05, 4.69) is 29.6 Å². The van der Waals surface area contributed by atoms with Crippen molar-refractivity contribution in [3.63, 3.8) is 0 Å². The number of hydrogen-bond donors (Lipinski definition) is 3. The van der Waals surface area contributed by atoms with Gasteiger partial charge in [-0.05, 0) is 38.0 Å². The van der Waals surface area contributed by atoms with Gasteiger partial charge in [-0.1, -0.05) is 13.8 Å². The van der Waals surface area contributed by atoms with Gasteiger partial charge in [0.1, 0.15) is 0 Å². The van der Waals surface area contributed by atoms with E-state index in [-0.39, 0.29) is 0 Å². The molecule has 0 radical (unpaired) electrons. The maximum absolute atomic E-state index is 5.39. The summed E-state index contributed by atoms with van der Waals surface area (Å²) in [6, 6.07) is 0.526. The third-order valence-corrected chi connectivity index (χ3v) is 3.39. The second-order valence-corrected chi connectivity index (χ2v) is 4.58. The quantitative estimate of drug-likeness (QED) is 0.279. The average Bonchev–Trinajstić information content (AvgIpc) is 2.23. The van der Waals surface area contributed by atoms with E-state index in [1.165, 1.54) is 19.3 Å². The minimum atomic E-state index is 0.526. The third kappa shape index (κ3) is 3.70. The molecular formula is C11H24N4. The fraction of sp³-hybridized carbons (Fsp3) is 0.909.